The van der Waals surface area contributed by atoms with E-state index in [1.165, 1.54) is 0 Å². The summed E-state index contributed by atoms with van der Waals surface area (Å²) in [6.07, 6.45) is -0.276. The summed E-state index contributed by atoms with van der Waals surface area (Å²) in [5.41, 5.74) is 0.634. The Morgan fingerprint density at radius 2 is 1.97 bits per heavy atom. The summed E-state index contributed by atoms with van der Waals surface area (Å²) in [4.78, 5) is 20.2. The molecule has 1 unspecified atom stereocenters. The molecule has 0 radical (unpaired) electrons. The lowest BCUT2D eigenvalue weighted by Gasteiger charge is -2.40. The van der Waals surface area contributed by atoms with E-state index in [0.29, 0.717) is 25.6 Å². The highest BCUT2D eigenvalue weighted by atomic mass is 16.6. The normalized spacial score (nSPS) is 16.3. The molecule has 1 fully saturated rings. The predicted molar refractivity (Wildman–Crippen MR) is 116 cm³/mol. The van der Waals surface area contributed by atoms with Crippen LogP contribution in [0.4, 0.5) is 4.79 Å². The van der Waals surface area contributed by atoms with Crippen LogP contribution < -0.4 is 15.4 Å². The number of amides is 1. The number of para-hydroxylation sites is 1. The molecule has 2 N–H and O–H groups in total. The van der Waals surface area contributed by atoms with Crippen molar-refractivity contribution >= 4 is 12.1 Å². The second kappa shape index (κ2) is 9.82. The van der Waals surface area contributed by atoms with Gasteiger partial charge >= 0.3 is 6.09 Å². The molecule has 1 aromatic carbocycles. The van der Waals surface area contributed by atoms with Crippen LogP contribution in [0.3, 0.4) is 0 Å². The van der Waals surface area contributed by atoms with Gasteiger partial charge in [-0.25, -0.2) is 4.79 Å². The van der Waals surface area contributed by atoms with E-state index in [1.807, 2.05) is 53.1 Å². The van der Waals surface area contributed by atoms with Gasteiger partial charge in [0.1, 0.15) is 11.4 Å². The zero-order valence-electron chi connectivity index (χ0n) is 18.7. The summed E-state index contributed by atoms with van der Waals surface area (Å²) >= 11 is 0. The number of carbonyl (C=O) groups is 1. The van der Waals surface area contributed by atoms with E-state index < -0.39 is 5.60 Å². The molecule has 162 valence electrons. The number of guanidine groups is 1. The van der Waals surface area contributed by atoms with Crippen molar-refractivity contribution in [3.63, 3.8) is 0 Å². The van der Waals surface area contributed by atoms with Crippen LogP contribution in [0, 0.1) is 0 Å². The summed E-state index contributed by atoms with van der Waals surface area (Å²) in [7, 11) is 7.51. The number of aliphatic imine (C=N–C) groups is 1. The quantitative estimate of drug-likeness (QED) is 0.557. The molecule has 2 rings (SSSR count). The van der Waals surface area contributed by atoms with Crippen LogP contribution in [0.15, 0.2) is 29.3 Å². The Hall–Kier alpha value is -2.48. The number of likely N-dealkylation sites (N-methyl/N-ethyl adjacent to an activating group) is 1. The highest BCUT2D eigenvalue weighted by Gasteiger charge is 2.34. The van der Waals surface area contributed by atoms with E-state index in [0.717, 1.165) is 11.3 Å². The number of hydrogen-bond acceptors (Lipinski definition) is 5. The molecule has 1 aliphatic rings. The third kappa shape index (κ3) is 6.52. The summed E-state index contributed by atoms with van der Waals surface area (Å²) in [5.74, 6) is 1.57. The van der Waals surface area contributed by atoms with Crippen LogP contribution in [0.2, 0.25) is 0 Å². The highest BCUT2D eigenvalue weighted by Crippen LogP contribution is 2.27. The Balaban J connectivity index is 1.88. The second-order valence-electron chi connectivity index (χ2n) is 8.40. The van der Waals surface area contributed by atoms with Gasteiger partial charge in [-0.1, -0.05) is 18.2 Å². The first kappa shape index (κ1) is 22.8. The molecule has 29 heavy (non-hydrogen) atoms. The van der Waals surface area contributed by atoms with Gasteiger partial charge < -0.3 is 29.9 Å². The van der Waals surface area contributed by atoms with Gasteiger partial charge in [0.15, 0.2) is 5.96 Å². The van der Waals surface area contributed by atoms with E-state index in [1.54, 1.807) is 19.1 Å². The molecule has 8 nitrogen and oxygen atoms in total. The largest absolute Gasteiger partial charge is 0.496 e. The van der Waals surface area contributed by atoms with Crippen molar-refractivity contribution in [2.75, 3.05) is 47.9 Å². The number of likely N-dealkylation sites (tertiary alicyclic amines) is 1. The van der Waals surface area contributed by atoms with E-state index in [9.17, 15) is 4.79 Å². The van der Waals surface area contributed by atoms with Crippen molar-refractivity contribution in [3.05, 3.63) is 29.8 Å². The molecule has 0 aliphatic carbocycles. The van der Waals surface area contributed by atoms with Gasteiger partial charge in [0.05, 0.1) is 19.2 Å². The minimum Gasteiger partial charge on any atom is -0.496 e. The third-order valence-electron chi connectivity index (χ3n) is 4.68. The minimum absolute atomic E-state index is 0.115. The number of methoxy groups -OCH3 is 1. The molecule has 1 heterocycles. The molecule has 1 aliphatic heterocycles. The maximum Gasteiger partial charge on any atom is 0.410 e. The second-order valence-corrected chi connectivity index (χ2v) is 8.40. The molecule has 0 saturated carbocycles. The number of rotatable bonds is 6. The fourth-order valence-corrected chi connectivity index (χ4v) is 3.14. The summed E-state index contributed by atoms with van der Waals surface area (Å²) < 4.78 is 10.9. The first-order valence-corrected chi connectivity index (χ1v) is 9.89. The predicted octanol–water partition coefficient (Wildman–Crippen LogP) is 2.08. The Labute approximate surface area is 174 Å². The molecule has 8 heteroatoms. The number of hydrogen-bond donors (Lipinski definition) is 2. The van der Waals surface area contributed by atoms with E-state index in [4.69, 9.17) is 9.47 Å². The molecule has 1 aromatic rings. The van der Waals surface area contributed by atoms with E-state index >= 15 is 0 Å². The standard InChI is InChI=1S/C21H35N5O3/c1-21(2,3)29-20(27)26-13-15(14-26)24-19(22-4)23-12-17(25(5)6)16-10-8-9-11-18(16)28-7/h8-11,15,17H,12-14H2,1-7H3,(H2,22,23,24). The Kier molecular flexibility index (Phi) is 7.73. The van der Waals surface area contributed by atoms with Crippen molar-refractivity contribution in [2.24, 2.45) is 4.99 Å². The first-order chi connectivity index (χ1) is 13.6. The fourth-order valence-electron chi connectivity index (χ4n) is 3.14. The first-order valence-electron chi connectivity index (χ1n) is 9.89. The third-order valence-corrected chi connectivity index (χ3v) is 4.68. The molecule has 1 amide bonds. The molecular weight excluding hydrogens is 370 g/mol. The van der Waals surface area contributed by atoms with E-state index in [-0.39, 0.29) is 18.2 Å². The van der Waals surface area contributed by atoms with Crippen LogP contribution in [0.25, 0.3) is 0 Å². The fraction of sp³-hybridized carbons (Fsp3) is 0.619. The molecule has 1 saturated heterocycles. The Morgan fingerprint density at radius 1 is 1.31 bits per heavy atom. The lowest BCUT2D eigenvalue weighted by atomic mass is 10.0. The van der Waals surface area contributed by atoms with Gasteiger partial charge in [0, 0.05) is 32.2 Å². The summed E-state index contributed by atoms with van der Waals surface area (Å²) in [6, 6.07) is 8.30. The topological polar surface area (TPSA) is 78.4 Å². The number of benzene rings is 1. The molecule has 0 bridgehead atoms. The zero-order valence-corrected chi connectivity index (χ0v) is 18.7. The van der Waals surface area contributed by atoms with Gasteiger partial charge in [-0.05, 0) is 40.9 Å². The SMILES string of the molecule is CN=C(NCC(c1ccccc1OC)N(C)C)NC1CN(C(=O)OC(C)(C)C)C1. The molecule has 0 spiro atoms. The van der Waals surface area contributed by atoms with E-state index in [2.05, 4.69) is 26.6 Å². The number of carbonyl (C=O) groups excluding carboxylic acids is 1. The maximum absolute atomic E-state index is 12.1. The lowest BCUT2D eigenvalue weighted by molar-refractivity contribution is 0.00700. The van der Waals surface area contributed by atoms with Gasteiger partial charge in [0.25, 0.3) is 0 Å². The Morgan fingerprint density at radius 3 is 2.52 bits per heavy atom. The minimum atomic E-state index is -0.479. The zero-order chi connectivity index (χ0) is 21.6. The van der Waals surface area contributed by atoms with Crippen molar-refractivity contribution in [3.8, 4) is 5.75 Å². The van der Waals surface area contributed by atoms with Gasteiger partial charge in [-0.2, -0.15) is 0 Å². The van der Waals surface area contributed by atoms with Crippen LogP contribution in [-0.4, -0.2) is 81.4 Å². The Bertz CT molecular complexity index is 709. The summed E-state index contributed by atoms with van der Waals surface area (Å²) in [6.45, 7) is 7.47. The average Bonchev–Trinajstić information content (AvgIpc) is 2.61. The van der Waals surface area contributed by atoms with Crippen molar-refractivity contribution in [2.45, 2.75) is 38.5 Å². The number of nitrogens with zero attached hydrogens (tertiary/aromatic N) is 3. The summed E-state index contributed by atoms with van der Waals surface area (Å²) in [5, 5.41) is 6.75. The van der Waals surface area contributed by atoms with Crippen molar-refractivity contribution < 1.29 is 14.3 Å². The van der Waals surface area contributed by atoms with Gasteiger partial charge in [-0.3, -0.25) is 4.99 Å². The van der Waals surface area contributed by atoms with Gasteiger partial charge in [0.2, 0.25) is 0 Å². The number of nitrogens with one attached hydrogen (secondary N) is 2. The maximum atomic E-state index is 12.1. The molecule has 1 atom stereocenters. The monoisotopic (exact) mass is 405 g/mol. The molecule has 0 aromatic heterocycles. The average molecular weight is 406 g/mol. The molecular formula is C21H35N5O3. The highest BCUT2D eigenvalue weighted by molar-refractivity contribution is 5.80. The van der Waals surface area contributed by atoms with Crippen LogP contribution in [0.1, 0.15) is 32.4 Å². The van der Waals surface area contributed by atoms with Crippen LogP contribution >= 0.6 is 0 Å². The number of ether oxygens (including phenoxy) is 2. The van der Waals surface area contributed by atoms with Gasteiger partial charge in [-0.15, -0.1) is 0 Å². The van der Waals surface area contributed by atoms with Crippen LogP contribution in [0.5, 0.6) is 5.75 Å². The van der Waals surface area contributed by atoms with Crippen LogP contribution in [-0.2, 0) is 4.74 Å². The lowest BCUT2D eigenvalue weighted by Crippen LogP contribution is -2.63. The smallest absolute Gasteiger partial charge is 0.410 e. The van der Waals surface area contributed by atoms with Crippen molar-refractivity contribution in [1.29, 1.82) is 0 Å². The van der Waals surface area contributed by atoms with Crippen molar-refractivity contribution in [1.82, 2.24) is 20.4 Å².